The van der Waals surface area contributed by atoms with Gasteiger partial charge in [0.2, 0.25) is 10.0 Å². The number of nitrogens with one attached hydrogen (secondary N) is 2. The summed E-state index contributed by atoms with van der Waals surface area (Å²) < 4.78 is 26.6. The number of sulfonamides is 1. The van der Waals surface area contributed by atoms with Crippen LogP contribution >= 0.6 is 11.3 Å². The van der Waals surface area contributed by atoms with Crippen LogP contribution in [0.25, 0.3) is 0 Å². The van der Waals surface area contributed by atoms with Gasteiger partial charge in [0.05, 0.1) is 12.2 Å². The summed E-state index contributed by atoms with van der Waals surface area (Å²) >= 11 is 1.14. The number of thiophene rings is 1. The first-order valence-corrected chi connectivity index (χ1v) is 9.25. The molecule has 0 atom stereocenters. The SMILES string of the molecule is O=C(NCc1ccn[nH]1)c1sccc1S(=O)(=O)N1CCCC1. The lowest BCUT2D eigenvalue weighted by molar-refractivity contribution is 0.0951. The molecule has 1 fully saturated rings. The number of carbonyl (C=O) groups excluding carboxylic acids is 1. The van der Waals surface area contributed by atoms with E-state index in [0.717, 1.165) is 29.9 Å². The molecule has 1 saturated heterocycles. The van der Waals surface area contributed by atoms with Gasteiger partial charge in [-0.1, -0.05) is 0 Å². The molecule has 3 rings (SSSR count). The molecule has 0 radical (unpaired) electrons. The van der Waals surface area contributed by atoms with Crippen LogP contribution in [-0.2, 0) is 16.6 Å². The summed E-state index contributed by atoms with van der Waals surface area (Å²) in [5.41, 5.74) is 0.758. The lowest BCUT2D eigenvalue weighted by Crippen LogP contribution is -2.30. The number of nitrogens with zero attached hydrogens (tertiary/aromatic N) is 2. The first kappa shape index (κ1) is 15.2. The van der Waals surface area contributed by atoms with E-state index in [4.69, 9.17) is 0 Å². The Kier molecular flexibility index (Phi) is 4.27. The van der Waals surface area contributed by atoms with Gasteiger partial charge in [-0.15, -0.1) is 11.3 Å². The fraction of sp³-hybridized carbons (Fsp3) is 0.385. The Balaban J connectivity index is 1.78. The quantitative estimate of drug-likeness (QED) is 0.854. The van der Waals surface area contributed by atoms with Gasteiger partial charge in [-0.25, -0.2) is 8.42 Å². The maximum Gasteiger partial charge on any atom is 0.263 e. The van der Waals surface area contributed by atoms with E-state index in [1.807, 2.05) is 0 Å². The van der Waals surface area contributed by atoms with Gasteiger partial charge in [0, 0.05) is 19.3 Å². The van der Waals surface area contributed by atoms with Crippen molar-refractivity contribution in [2.45, 2.75) is 24.3 Å². The molecule has 0 unspecified atom stereocenters. The van der Waals surface area contributed by atoms with Gasteiger partial charge in [-0.2, -0.15) is 9.40 Å². The molecule has 3 heterocycles. The molecule has 0 spiro atoms. The molecule has 1 amide bonds. The first-order chi connectivity index (χ1) is 10.6. The number of carbonyl (C=O) groups is 1. The standard InChI is InChI=1S/C13H16N4O3S2/c18-13(14-9-10-3-5-15-16-10)12-11(4-8-21-12)22(19,20)17-6-1-2-7-17/h3-5,8H,1-2,6-7,9H2,(H,14,18)(H,15,16). The van der Waals surface area contributed by atoms with Crippen LogP contribution in [0.5, 0.6) is 0 Å². The summed E-state index contributed by atoms with van der Waals surface area (Å²) in [4.78, 5) is 12.6. The molecule has 1 aliphatic heterocycles. The molecule has 22 heavy (non-hydrogen) atoms. The van der Waals surface area contributed by atoms with Gasteiger partial charge in [0.25, 0.3) is 5.91 Å². The van der Waals surface area contributed by atoms with Crippen LogP contribution in [0.1, 0.15) is 28.2 Å². The molecule has 0 aliphatic carbocycles. The maximum atomic E-state index is 12.6. The van der Waals surface area contributed by atoms with Gasteiger partial charge >= 0.3 is 0 Å². The van der Waals surface area contributed by atoms with Crippen LogP contribution in [0.4, 0.5) is 0 Å². The van der Waals surface area contributed by atoms with Gasteiger partial charge < -0.3 is 5.32 Å². The van der Waals surface area contributed by atoms with E-state index >= 15 is 0 Å². The average molecular weight is 340 g/mol. The van der Waals surface area contributed by atoms with E-state index in [2.05, 4.69) is 15.5 Å². The number of hydrogen-bond donors (Lipinski definition) is 2. The summed E-state index contributed by atoms with van der Waals surface area (Å²) in [5.74, 6) is -0.387. The third-order valence-corrected chi connectivity index (χ3v) is 6.50. The Morgan fingerprint density at radius 2 is 2.14 bits per heavy atom. The third-order valence-electron chi connectivity index (χ3n) is 3.52. The lowest BCUT2D eigenvalue weighted by atomic mass is 10.4. The third kappa shape index (κ3) is 2.92. The molecular formula is C13H16N4O3S2. The van der Waals surface area contributed by atoms with E-state index in [1.165, 1.54) is 10.4 Å². The van der Waals surface area contributed by atoms with Crippen LogP contribution in [0.3, 0.4) is 0 Å². The topological polar surface area (TPSA) is 95.2 Å². The van der Waals surface area contributed by atoms with Crippen molar-refractivity contribution in [1.82, 2.24) is 19.8 Å². The number of rotatable bonds is 5. The zero-order valence-corrected chi connectivity index (χ0v) is 13.4. The molecule has 2 N–H and O–H groups in total. The number of aromatic nitrogens is 2. The molecule has 7 nitrogen and oxygen atoms in total. The van der Waals surface area contributed by atoms with Crippen LogP contribution in [0.15, 0.2) is 28.6 Å². The molecule has 118 valence electrons. The summed E-state index contributed by atoms with van der Waals surface area (Å²) in [5, 5.41) is 10.9. The average Bonchev–Trinajstić information content (AvgIpc) is 3.26. The molecule has 0 aromatic carbocycles. The zero-order valence-electron chi connectivity index (χ0n) is 11.8. The number of amides is 1. The van der Waals surface area contributed by atoms with Crippen molar-refractivity contribution in [2.24, 2.45) is 0 Å². The van der Waals surface area contributed by atoms with Gasteiger partial charge in [-0.05, 0) is 30.4 Å². The molecule has 0 saturated carbocycles. The number of aromatic amines is 1. The number of hydrogen-bond acceptors (Lipinski definition) is 5. The molecule has 2 aromatic heterocycles. The summed E-state index contributed by atoms with van der Waals surface area (Å²) in [6, 6.07) is 3.25. The van der Waals surface area contributed by atoms with Crippen molar-refractivity contribution in [2.75, 3.05) is 13.1 Å². The zero-order chi connectivity index (χ0) is 15.6. The van der Waals surface area contributed by atoms with Crippen molar-refractivity contribution in [3.05, 3.63) is 34.3 Å². The van der Waals surface area contributed by atoms with Crippen molar-refractivity contribution in [3.8, 4) is 0 Å². The minimum atomic E-state index is -3.58. The molecule has 2 aromatic rings. The van der Waals surface area contributed by atoms with Crippen LogP contribution in [-0.4, -0.2) is 41.9 Å². The number of H-pyrrole nitrogens is 1. The normalized spacial score (nSPS) is 16.0. The molecule has 9 heteroatoms. The van der Waals surface area contributed by atoms with E-state index < -0.39 is 10.0 Å². The maximum absolute atomic E-state index is 12.6. The minimum Gasteiger partial charge on any atom is -0.346 e. The lowest BCUT2D eigenvalue weighted by Gasteiger charge is -2.15. The predicted molar refractivity (Wildman–Crippen MR) is 82.1 cm³/mol. The first-order valence-electron chi connectivity index (χ1n) is 6.93. The van der Waals surface area contributed by atoms with Crippen LogP contribution in [0.2, 0.25) is 0 Å². The van der Waals surface area contributed by atoms with Gasteiger partial charge in [0.15, 0.2) is 0 Å². The second-order valence-electron chi connectivity index (χ2n) is 4.99. The largest absolute Gasteiger partial charge is 0.346 e. The molecule has 0 bridgehead atoms. The van der Waals surface area contributed by atoms with E-state index in [0.29, 0.717) is 13.1 Å². The summed E-state index contributed by atoms with van der Waals surface area (Å²) in [6.07, 6.45) is 3.32. The Labute approximate surface area is 132 Å². The van der Waals surface area contributed by atoms with Crippen LogP contribution < -0.4 is 5.32 Å². The highest BCUT2D eigenvalue weighted by Gasteiger charge is 2.31. The summed E-state index contributed by atoms with van der Waals surface area (Å²) in [6.45, 7) is 1.32. The van der Waals surface area contributed by atoms with Gasteiger partial charge in [0.1, 0.15) is 9.77 Å². The Morgan fingerprint density at radius 1 is 1.36 bits per heavy atom. The fourth-order valence-electron chi connectivity index (χ4n) is 2.37. The second-order valence-corrected chi connectivity index (χ2v) is 7.81. The fourth-order valence-corrected chi connectivity index (χ4v) is 5.21. The highest BCUT2D eigenvalue weighted by Crippen LogP contribution is 2.27. The smallest absolute Gasteiger partial charge is 0.263 e. The van der Waals surface area contributed by atoms with Crippen molar-refractivity contribution >= 4 is 27.3 Å². The minimum absolute atomic E-state index is 0.0986. The highest BCUT2D eigenvalue weighted by molar-refractivity contribution is 7.89. The Bertz CT molecular complexity index is 746. The predicted octanol–water partition coefficient (Wildman–Crippen LogP) is 1.19. The van der Waals surface area contributed by atoms with Gasteiger partial charge in [-0.3, -0.25) is 9.89 Å². The Hall–Kier alpha value is -1.71. The second kappa shape index (κ2) is 6.19. The molecule has 1 aliphatic rings. The Morgan fingerprint density at radius 3 is 2.82 bits per heavy atom. The van der Waals surface area contributed by atoms with E-state index in [-0.39, 0.29) is 22.2 Å². The van der Waals surface area contributed by atoms with E-state index in [1.54, 1.807) is 17.6 Å². The summed E-state index contributed by atoms with van der Waals surface area (Å²) in [7, 11) is -3.58. The molecular weight excluding hydrogens is 324 g/mol. The highest BCUT2D eigenvalue weighted by atomic mass is 32.2. The van der Waals surface area contributed by atoms with Crippen molar-refractivity contribution in [1.29, 1.82) is 0 Å². The van der Waals surface area contributed by atoms with E-state index in [9.17, 15) is 13.2 Å². The van der Waals surface area contributed by atoms with Crippen molar-refractivity contribution in [3.63, 3.8) is 0 Å². The van der Waals surface area contributed by atoms with Crippen LogP contribution in [0, 0.1) is 0 Å². The van der Waals surface area contributed by atoms with Crippen molar-refractivity contribution < 1.29 is 13.2 Å². The monoisotopic (exact) mass is 340 g/mol.